The number of benzene rings is 1. The molecule has 0 saturated heterocycles. The number of pyridine rings is 1. The van der Waals surface area contributed by atoms with E-state index in [0.717, 1.165) is 64.5 Å². The number of aromatic nitrogens is 4. The minimum atomic E-state index is -0.307. The van der Waals surface area contributed by atoms with Gasteiger partial charge in [0.1, 0.15) is 5.75 Å². The van der Waals surface area contributed by atoms with Crippen LogP contribution >= 0.6 is 11.3 Å². The van der Waals surface area contributed by atoms with Crippen molar-refractivity contribution in [2.75, 3.05) is 4.90 Å². The van der Waals surface area contributed by atoms with E-state index in [1.165, 1.54) is 0 Å². The predicted octanol–water partition coefficient (Wildman–Crippen LogP) is 5.83. The summed E-state index contributed by atoms with van der Waals surface area (Å²) >= 11 is 1.67. The SMILES string of the molecule is CCc1nc(Cn2cc(CN(C(=O)C3CCCc4c(O)cccc43)c3ccc(C(C)C)nc3)cn2)cs1. The van der Waals surface area contributed by atoms with Crippen molar-refractivity contribution in [3.8, 4) is 5.75 Å². The molecule has 1 N–H and O–H groups in total. The van der Waals surface area contributed by atoms with Gasteiger partial charge in [0, 0.05) is 22.8 Å². The van der Waals surface area contributed by atoms with Crippen molar-refractivity contribution in [1.82, 2.24) is 19.7 Å². The number of rotatable bonds is 8. The summed E-state index contributed by atoms with van der Waals surface area (Å²) in [5.41, 5.74) is 5.52. The maximum absolute atomic E-state index is 14.1. The van der Waals surface area contributed by atoms with E-state index in [4.69, 9.17) is 0 Å². The Morgan fingerprint density at radius 1 is 1.24 bits per heavy atom. The van der Waals surface area contributed by atoms with E-state index in [9.17, 15) is 9.90 Å². The van der Waals surface area contributed by atoms with Gasteiger partial charge in [-0.25, -0.2) is 4.98 Å². The number of nitrogens with zero attached hydrogens (tertiary/aromatic N) is 5. The molecule has 1 aromatic carbocycles. The lowest BCUT2D eigenvalue weighted by atomic mass is 9.81. The predicted molar refractivity (Wildman–Crippen MR) is 146 cm³/mol. The number of aryl methyl sites for hydroxylation is 1. The van der Waals surface area contributed by atoms with Gasteiger partial charge in [-0.05, 0) is 60.9 Å². The zero-order valence-corrected chi connectivity index (χ0v) is 22.4. The number of fused-ring (bicyclic) bond motifs is 1. The zero-order valence-electron chi connectivity index (χ0n) is 21.6. The molecule has 1 aliphatic carbocycles. The van der Waals surface area contributed by atoms with E-state index in [2.05, 4.69) is 41.2 Å². The largest absolute Gasteiger partial charge is 0.508 e. The first-order valence-electron chi connectivity index (χ1n) is 13.0. The van der Waals surface area contributed by atoms with Crippen LogP contribution in [-0.2, 0) is 30.7 Å². The second kappa shape index (κ2) is 10.8. The molecule has 4 aromatic rings. The summed E-state index contributed by atoms with van der Waals surface area (Å²) in [6.07, 6.45) is 8.95. The number of hydrogen-bond acceptors (Lipinski definition) is 6. The molecule has 0 radical (unpaired) electrons. The summed E-state index contributed by atoms with van der Waals surface area (Å²) in [5, 5.41) is 18.2. The molecular weight excluding hydrogens is 482 g/mol. The average molecular weight is 516 g/mol. The van der Waals surface area contributed by atoms with Gasteiger partial charge in [0.15, 0.2) is 0 Å². The Bertz CT molecular complexity index is 1380. The first kappa shape index (κ1) is 25.1. The highest BCUT2D eigenvalue weighted by Crippen LogP contribution is 2.38. The Kier molecular flexibility index (Phi) is 7.37. The van der Waals surface area contributed by atoms with E-state index in [1.807, 2.05) is 46.2 Å². The van der Waals surface area contributed by atoms with Gasteiger partial charge in [0.05, 0.1) is 47.8 Å². The number of phenols is 1. The molecule has 1 unspecified atom stereocenters. The van der Waals surface area contributed by atoms with Gasteiger partial charge < -0.3 is 10.0 Å². The molecule has 8 heteroatoms. The minimum Gasteiger partial charge on any atom is -0.508 e. The van der Waals surface area contributed by atoms with Crippen LogP contribution in [0.3, 0.4) is 0 Å². The Morgan fingerprint density at radius 2 is 2.11 bits per heavy atom. The molecule has 37 heavy (non-hydrogen) atoms. The van der Waals surface area contributed by atoms with Gasteiger partial charge >= 0.3 is 0 Å². The molecule has 0 fully saturated rings. The molecule has 192 valence electrons. The van der Waals surface area contributed by atoms with Crippen LogP contribution in [0.2, 0.25) is 0 Å². The maximum Gasteiger partial charge on any atom is 0.234 e. The summed E-state index contributed by atoms with van der Waals surface area (Å²) in [4.78, 5) is 25.2. The first-order chi connectivity index (χ1) is 17.9. The van der Waals surface area contributed by atoms with Crippen LogP contribution in [0.25, 0.3) is 0 Å². The standard InChI is InChI=1S/C29H33N5O2S/c1-4-28-32-21(18-37-28)17-33-15-20(13-31-33)16-34(22-11-12-26(19(2)3)30-14-22)29(36)25-9-5-8-24-23(25)7-6-10-27(24)35/h6-7,10-15,18-19,25,35H,4-5,8-9,16-17H2,1-3H3. The van der Waals surface area contributed by atoms with Crippen LogP contribution in [0, 0.1) is 0 Å². The first-order valence-corrected chi connectivity index (χ1v) is 13.8. The number of aromatic hydroxyl groups is 1. The van der Waals surface area contributed by atoms with E-state index >= 15 is 0 Å². The van der Waals surface area contributed by atoms with E-state index in [0.29, 0.717) is 19.0 Å². The molecule has 1 atom stereocenters. The number of thiazole rings is 1. The molecule has 3 heterocycles. The van der Waals surface area contributed by atoms with Crippen molar-refractivity contribution >= 4 is 22.9 Å². The third kappa shape index (κ3) is 5.44. The Morgan fingerprint density at radius 3 is 2.84 bits per heavy atom. The molecule has 0 bridgehead atoms. The molecule has 0 spiro atoms. The Hall–Kier alpha value is -3.52. The fraction of sp³-hybridized carbons (Fsp3) is 0.379. The number of hydrogen-bond donors (Lipinski definition) is 1. The minimum absolute atomic E-state index is 0.0190. The third-order valence-electron chi connectivity index (χ3n) is 6.97. The van der Waals surface area contributed by atoms with E-state index in [1.54, 1.807) is 23.6 Å². The van der Waals surface area contributed by atoms with Crippen molar-refractivity contribution in [2.45, 2.75) is 71.4 Å². The fourth-order valence-corrected chi connectivity index (χ4v) is 5.71. The molecule has 0 saturated carbocycles. The van der Waals surface area contributed by atoms with Gasteiger partial charge in [-0.1, -0.05) is 32.9 Å². The zero-order chi connectivity index (χ0) is 25.9. The lowest BCUT2D eigenvalue weighted by Crippen LogP contribution is -2.36. The molecule has 5 rings (SSSR count). The van der Waals surface area contributed by atoms with Gasteiger partial charge in [-0.3, -0.25) is 14.5 Å². The smallest absolute Gasteiger partial charge is 0.234 e. The normalized spacial score (nSPS) is 15.1. The van der Waals surface area contributed by atoms with Crippen molar-refractivity contribution in [1.29, 1.82) is 0 Å². The molecule has 1 amide bonds. The van der Waals surface area contributed by atoms with Gasteiger partial charge in [-0.2, -0.15) is 5.10 Å². The molecule has 0 aliphatic heterocycles. The van der Waals surface area contributed by atoms with Crippen LogP contribution in [0.5, 0.6) is 5.75 Å². The van der Waals surface area contributed by atoms with Crippen LogP contribution in [0.4, 0.5) is 5.69 Å². The van der Waals surface area contributed by atoms with Crippen molar-refractivity contribution in [2.24, 2.45) is 0 Å². The maximum atomic E-state index is 14.1. The van der Waals surface area contributed by atoms with Crippen molar-refractivity contribution < 1.29 is 9.90 Å². The quantitative estimate of drug-likeness (QED) is 0.319. The highest BCUT2D eigenvalue weighted by molar-refractivity contribution is 7.09. The highest BCUT2D eigenvalue weighted by atomic mass is 32.1. The number of carbonyl (C=O) groups is 1. The summed E-state index contributed by atoms with van der Waals surface area (Å²) in [7, 11) is 0. The summed E-state index contributed by atoms with van der Waals surface area (Å²) in [6, 6.07) is 9.50. The van der Waals surface area contributed by atoms with E-state index in [-0.39, 0.29) is 17.6 Å². The average Bonchev–Trinajstić information content (AvgIpc) is 3.56. The van der Waals surface area contributed by atoms with Crippen molar-refractivity contribution in [3.05, 3.63) is 87.4 Å². The van der Waals surface area contributed by atoms with Crippen molar-refractivity contribution in [3.63, 3.8) is 0 Å². The van der Waals surface area contributed by atoms with E-state index < -0.39 is 0 Å². The lowest BCUT2D eigenvalue weighted by Gasteiger charge is -2.31. The summed E-state index contributed by atoms with van der Waals surface area (Å²) in [6.45, 7) is 7.32. The second-order valence-corrected chi connectivity index (χ2v) is 10.9. The number of anilines is 1. The van der Waals surface area contributed by atoms with Crippen LogP contribution in [0.1, 0.15) is 78.5 Å². The van der Waals surface area contributed by atoms with Crippen LogP contribution in [0.15, 0.2) is 54.3 Å². The number of carbonyl (C=O) groups excluding carboxylic acids is 1. The van der Waals surface area contributed by atoms with Crippen LogP contribution in [-0.4, -0.2) is 30.8 Å². The lowest BCUT2D eigenvalue weighted by molar-refractivity contribution is -0.120. The van der Waals surface area contributed by atoms with Gasteiger partial charge in [0.2, 0.25) is 5.91 Å². The van der Waals surface area contributed by atoms with Crippen LogP contribution < -0.4 is 4.90 Å². The third-order valence-corrected chi connectivity index (χ3v) is 8.02. The Labute approximate surface area is 221 Å². The van der Waals surface area contributed by atoms with Gasteiger partial charge in [-0.15, -0.1) is 11.3 Å². The number of amides is 1. The fourth-order valence-electron chi connectivity index (χ4n) is 4.98. The Balaban J connectivity index is 1.43. The summed E-state index contributed by atoms with van der Waals surface area (Å²) < 4.78 is 1.88. The number of phenolic OH excluding ortho intramolecular Hbond substituents is 1. The second-order valence-electron chi connectivity index (χ2n) is 9.94. The summed E-state index contributed by atoms with van der Waals surface area (Å²) in [5.74, 6) is 0.297. The topological polar surface area (TPSA) is 84.1 Å². The monoisotopic (exact) mass is 515 g/mol. The molecule has 3 aromatic heterocycles. The molecule has 7 nitrogen and oxygen atoms in total. The molecule has 1 aliphatic rings. The molecular formula is C29H33N5O2S. The van der Waals surface area contributed by atoms with Gasteiger partial charge in [0.25, 0.3) is 0 Å². The highest BCUT2D eigenvalue weighted by Gasteiger charge is 2.32.